The Hall–Kier alpha value is -2.12. The average molecular weight is 783 g/mol. The van der Waals surface area contributed by atoms with Crippen molar-refractivity contribution in [3.05, 3.63) is 97.1 Å². The SMILES string of the molecule is C=CC(CCCCCCCCCCCCCCCCCC)(Cc1ccccc1)OC(C=C)(CCCCCCCCCCCCCCCCCC)Cc1ccccc1. The molecule has 0 bridgehead atoms. The van der Waals surface area contributed by atoms with Crippen LogP contribution in [-0.2, 0) is 17.6 Å². The first-order valence-electron chi connectivity index (χ1n) is 25.2. The summed E-state index contributed by atoms with van der Waals surface area (Å²) < 4.78 is 7.54. The van der Waals surface area contributed by atoms with E-state index in [0.717, 1.165) is 25.7 Å². The van der Waals surface area contributed by atoms with Gasteiger partial charge < -0.3 is 4.74 Å². The Morgan fingerprint density at radius 3 is 0.807 bits per heavy atom. The molecule has 2 aromatic rings. The largest absolute Gasteiger partial charge is 0.360 e. The molecule has 0 amide bonds. The molecule has 0 N–H and O–H groups in total. The highest BCUT2D eigenvalue weighted by Gasteiger charge is 2.38. The molecule has 324 valence electrons. The molecule has 1 heteroatoms. The molecule has 0 aliphatic rings. The van der Waals surface area contributed by atoms with Gasteiger partial charge in [0.15, 0.2) is 0 Å². The van der Waals surface area contributed by atoms with Gasteiger partial charge in [-0.2, -0.15) is 0 Å². The lowest BCUT2D eigenvalue weighted by atomic mass is 9.84. The quantitative estimate of drug-likeness (QED) is 0.0481. The zero-order valence-corrected chi connectivity index (χ0v) is 38.2. The Balaban J connectivity index is 1.83. The number of hydrogen-bond acceptors (Lipinski definition) is 1. The summed E-state index contributed by atoms with van der Waals surface area (Å²) in [4.78, 5) is 0. The lowest BCUT2D eigenvalue weighted by molar-refractivity contribution is -0.116. The summed E-state index contributed by atoms with van der Waals surface area (Å²) in [6.45, 7) is 13.5. The van der Waals surface area contributed by atoms with Crippen molar-refractivity contribution in [3.8, 4) is 0 Å². The van der Waals surface area contributed by atoms with Crippen LogP contribution in [0, 0.1) is 0 Å². The fourth-order valence-corrected chi connectivity index (χ4v) is 9.02. The van der Waals surface area contributed by atoms with Gasteiger partial charge >= 0.3 is 0 Å². The molecule has 57 heavy (non-hydrogen) atoms. The molecule has 0 radical (unpaired) electrons. The molecule has 0 saturated heterocycles. The van der Waals surface area contributed by atoms with E-state index < -0.39 is 11.2 Å². The molecule has 0 heterocycles. The minimum Gasteiger partial charge on any atom is -0.360 e. The van der Waals surface area contributed by atoms with E-state index in [9.17, 15) is 0 Å². The maximum Gasteiger partial charge on any atom is 0.0912 e. The van der Waals surface area contributed by atoms with Crippen molar-refractivity contribution in [2.75, 3.05) is 0 Å². The normalized spacial score (nSPS) is 13.6. The molecule has 0 fully saturated rings. The van der Waals surface area contributed by atoms with Gasteiger partial charge in [-0.25, -0.2) is 0 Å². The average Bonchev–Trinajstić information content (AvgIpc) is 3.24. The van der Waals surface area contributed by atoms with Crippen molar-refractivity contribution in [2.24, 2.45) is 0 Å². The molecule has 0 saturated carbocycles. The van der Waals surface area contributed by atoms with Crippen LogP contribution in [0.15, 0.2) is 86.0 Å². The van der Waals surface area contributed by atoms with Gasteiger partial charge in [0.25, 0.3) is 0 Å². The van der Waals surface area contributed by atoms with Crippen LogP contribution in [-0.4, -0.2) is 11.2 Å². The van der Waals surface area contributed by atoms with E-state index in [4.69, 9.17) is 4.74 Å². The van der Waals surface area contributed by atoms with Gasteiger partial charge in [0.1, 0.15) is 0 Å². The molecule has 2 atom stereocenters. The second-order valence-corrected chi connectivity index (χ2v) is 18.1. The smallest absolute Gasteiger partial charge is 0.0912 e. The second kappa shape index (κ2) is 35.8. The van der Waals surface area contributed by atoms with Crippen molar-refractivity contribution >= 4 is 0 Å². The van der Waals surface area contributed by atoms with Gasteiger partial charge in [-0.1, -0.05) is 292 Å². The van der Waals surface area contributed by atoms with Crippen molar-refractivity contribution in [1.82, 2.24) is 0 Å². The number of ether oxygens (including phenoxy) is 1. The van der Waals surface area contributed by atoms with Crippen molar-refractivity contribution in [2.45, 2.75) is 256 Å². The molecule has 0 spiro atoms. The molecule has 2 unspecified atom stereocenters. The maximum atomic E-state index is 7.54. The first kappa shape index (κ1) is 51.0. The van der Waals surface area contributed by atoms with Crippen molar-refractivity contribution in [1.29, 1.82) is 0 Å². The zero-order valence-electron chi connectivity index (χ0n) is 38.2. The molecule has 1 nitrogen and oxygen atoms in total. The standard InChI is InChI=1S/C56H94O/c1-5-9-11-13-15-17-19-21-23-25-27-29-31-33-35-43-49-55(7-3,51-53-45-39-37-40-46-53)57-56(8-4,52-54-47-41-38-42-48-54)50-44-36-34-32-30-28-26-24-22-20-18-16-14-12-10-6-2/h7-8,37-42,45-48H,3-6,9-36,43-44,49-52H2,1-2H3. The van der Waals surface area contributed by atoms with Crippen LogP contribution in [0.4, 0.5) is 0 Å². The van der Waals surface area contributed by atoms with Gasteiger partial charge in [-0.15, -0.1) is 13.2 Å². The predicted molar refractivity (Wildman–Crippen MR) is 256 cm³/mol. The molecule has 2 aromatic carbocycles. The minimum atomic E-state index is -0.421. The molecule has 0 aliphatic carbocycles. The Kier molecular flexibility index (Phi) is 32.0. The molecule has 0 aromatic heterocycles. The highest BCUT2D eigenvalue weighted by molar-refractivity contribution is 5.23. The lowest BCUT2D eigenvalue weighted by Gasteiger charge is -2.42. The summed E-state index contributed by atoms with van der Waals surface area (Å²) in [6.07, 6.45) is 52.5. The number of unbranched alkanes of at least 4 members (excludes halogenated alkanes) is 30. The molecule has 0 aliphatic heterocycles. The summed E-state index contributed by atoms with van der Waals surface area (Å²) >= 11 is 0. The molecular weight excluding hydrogens is 689 g/mol. The summed E-state index contributed by atoms with van der Waals surface area (Å²) in [5.74, 6) is 0. The Labute approximate surface area is 356 Å². The fraction of sp³-hybridized carbons (Fsp3) is 0.714. The molecule has 2 rings (SSSR count). The van der Waals surface area contributed by atoms with Crippen LogP contribution in [0.5, 0.6) is 0 Å². The summed E-state index contributed by atoms with van der Waals surface area (Å²) in [6, 6.07) is 22.0. The van der Waals surface area contributed by atoms with Crippen LogP contribution >= 0.6 is 0 Å². The maximum absolute atomic E-state index is 7.54. The summed E-state index contributed by atoms with van der Waals surface area (Å²) in [5, 5.41) is 0. The van der Waals surface area contributed by atoms with Crippen molar-refractivity contribution < 1.29 is 4.74 Å². The minimum absolute atomic E-state index is 0.421. The number of benzene rings is 2. The van der Waals surface area contributed by atoms with Crippen LogP contribution in [0.1, 0.15) is 243 Å². The van der Waals surface area contributed by atoms with Crippen LogP contribution in [0.2, 0.25) is 0 Å². The fourth-order valence-electron chi connectivity index (χ4n) is 9.02. The van der Waals surface area contributed by atoms with Gasteiger partial charge in [-0.05, 0) is 24.0 Å². The first-order chi connectivity index (χ1) is 28.1. The predicted octanol–water partition coefficient (Wildman–Crippen LogP) is 18.6. The first-order valence-corrected chi connectivity index (χ1v) is 25.2. The Bertz CT molecular complexity index is 1060. The third-order valence-electron chi connectivity index (χ3n) is 12.7. The monoisotopic (exact) mass is 783 g/mol. The van der Waals surface area contributed by atoms with Crippen molar-refractivity contribution in [3.63, 3.8) is 0 Å². The van der Waals surface area contributed by atoms with Crippen LogP contribution in [0.3, 0.4) is 0 Å². The van der Waals surface area contributed by atoms with E-state index in [1.807, 2.05) is 0 Å². The number of hydrogen-bond donors (Lipinski definition) is 0. The summed E-state index contributed by atoms with van der Waals surface area (Å²) in [5.41, 5.74) is 1.81. The van der Waals surface area contributed by atoms with Gasteiger partial charge in [0, 0.05) is 12.8 Å². The van der Waals surface area contributed by atoms with E-state index in [-0.39, 0.29) is 0 Å². The van der Waals surface area contributed by atoms with Gasteiger partial charge in [0.2, 0.25) is 0 Å². The van der Waals surface area contributed by atoms with Crippen LogP contribution < -0.4 is 0 Å². The van der Waals surface area contributed by atoms with Gasteiger partial charge in [-0.3, -0.25) is 0 Å². The van der Waals surface area contributed by atoms with Gasteiger partial charge in [0.05, 0.1) is 11.2 Å². The molecular formula is C56H94O. The van der Waals surface area contributed by atoms with Crippen LogP contribution in [0.25, 0.3) is 0 Å². The Morgan fingerprint density at radius 2 is 0.579 bits per heavy atom. The highest BCUT2D eigenvalue weighted by atomic mass is 16.5. The van der Waals surface area contributed by atoms with E-state index in [0.29, 0.717) is 0 Å². The lowest BCUT2D eigenvalue weighted by Crippen LogP contribution is -2.45. The number of rotatable bonds is 42. The van der Waals surface area contributed by atoms with E-state index in [1.54, 1.807) is 0 Å². The topological polar surface area (TPSA) is 9.23 Å². The Morgan fingerprint density at radius 1 is 0.351 bits per heavy atom. The van der Waals surface area contributed by atoms with E-state index >= 15 is 0 Å². The second-order valence-electron chi connectivity index (χ2n) is 18.1. The summed E-state index contributed by atoms with van der Waals surface area (Å²) in [7, 11) is 0. The highest BCUT2D eigenvalue weighted by Crippen LogP contribution is 2.37. The van der Waals surface area contributed by atoms with E-state index in [1.165, 1.54) is 217 Å². The third kappa shape index (κ3) is 26.6. The zero-order chi connectivity index (χ0) is 40.8. The third-order valence-corrected chi connectivity index (χ3v) is 12.7. The van der Waals surface area contributed by atoms with E-state index in [2.05, 4.69) is 99.8 Å².